The van der Waals surface area contributed by atoms with Crippen molar-refractivity contribution in [3.63, 3.8) is 0 Å². The van der Waals surface area contributed by atoms with Gasteiger partial charge in [-0.05, 0) is 68.7 Å². The molecule has 2 fully saturated rings. The van der Waals surface area contributed by atoms with Crippen LogP contribution in [0.1, 0.15) is 31.2 Å². The van der Waals surface area contributed by atoms with E-state index in [1.807, 2.05) is 36.4 Å². The van der Waals surface area contributed by atoms with Gasteiger partial charge in [-0.1, -0.05) is 23.8 Å². The normalized spacial score (nSPS) is 16.4. The van der Waals surface area contributed by atoms with Gasteiger partial charge in [-0.2, -0.15) is 19.2 Å². The summed E-state index contributed by atoms with van der Waals surface area (Å²) in [6.45, 7) is 6.53. The summed E-state index contributed by atoms with van der Waals surface area (Å²) in [5.74, 6) is 2.49. The average Bonchev–Trinajstić information content (AvgIpc) is 3.10. The molecule has 2 atom stereocenters. The molecule has 0 amide bonds. The molecule has 6 rings (SSSR count). The maximum Gasteiger partial charge on any atom is 1.00 e. The van der Waals surface area contributed by atoms with E-state index in [0.717, 1.165) is 85.3 Å². The maximum atomic E-state index is 11.3. The summed E-state index contributed by atoms with van der Waals surface area (Å²) in [4.78, 5) is 54.6. The standard InChI is InChI=1S/C16H22N4O2S.C15H20N4O2S.2CO2.Li.2H2O/c1-12-5-6-15-14(8-12)16(18-11-17-15)20-7-3-4-13(10-20)9-19-23(2,21)22;1-22(20,21)18-9-12-5-4-8-19(10-12)15-13-6-2-3-7-14(13)16-11-17-15;2*2-1-3;;;/h5-6,8,11,13,19H,3-4,7,9-10H2,1-2H3;2-3,6-7,11-12,18H,4-5,8-10H2,1H3;;;;2*1H2/q;;;;+1;;/p-2. The van der Waals surface area contributed by atoms with Crippen LogP contribution in [0.25, 0.3) is 21.8 Å². The van der Waals surface area contributed by atoms with Crippen LogP contribution in [0.2, 0.25) is 0 Å². The number of rotatable bonds is 8. The van der Waals surface area contributed by atoms with Crippen molar-refractivity contribution in [3.05, 3.63) is 60.7 Å². The van der Waals surface area contributed by atoms with E-state index < -0.39 is 20.0 Å². The zero-order valence-electron chi connectivity index (χ0n) is 30.6. The van der Waals surface area contributed by atoms with Crippen LogP contribution in [-0.4, -0.2) is 112 Å². The fourth-order valence-corrected chi connectivity index (χ4v) is 7.11. The SMILES string of the molecule is CS(=O)(=O)NCC1CCCN(c2ncnc3ccccc23)C1.Cc1ccc2ncnc(N3CCCC(CNS(C)(=O)=O)C3)c2c1.O=C=O.O=C=O.[Li+].[OH-].[OH-]. The number of para-hydroxylation sites is 1. The molecule has 54 heavy (non-hydrogen) atoms. The first-order valence-electron chi connectivity index (χ1n) is 16.1. The second-order valence-corrected chi connectivity index (χ2v) is 15.9. The first-order chi connectivity index (χ1) is 24.3. The summed E-state index contributed by atoms with van der Waals surface area (Å²) in [7, 11) is -6.27. The fourth-order valence-electron chi connectivity index (χ4n) is 6.04. The van der Waals surface area contributed by atoms with Crippen LogP contribution in [0.4, 0.5) is 11.6 Å². The van der Waals surface area contributed by atoms with E-state index in [2.05, 4.69) is 52.2 Å². The van der Waals surface area contributed by atoms with Crippen LogP contribution in [0.3, 0.4) is 0 Å². The molecule has 290 valence electrons. The molecular formula is C33H44LiN8O10S2-. The Balaban J connectivity index is 0.000000866. The number of hydrogen-bond acceptors (Lipinski definition) is 16. The van der Waals surface area contributed by atoms with Crippen molar-refractivity contribution in [2.45, 2.75) is 32.6 Å². The molecule has 0 bridgehead atoms. The van der Waals surface area contributed by atoms with Gasteiger partial charge in [0, 0.05) is 50.0 Å². The number of fused-ring (bicyclic) bond motifs is 2. The van der Waals surface area contributed by atoms with Crippen LogP contribution in [0.15, 0.2) is 55.1 Å². The Morgan fingerprint density at radius 2 is 1.11 bits per heavy atom. The molecule has 2 aliphatic rings. The van der Waals surface area contributed by atoms with Crippen LogP contribution in [-0.2, 0) is 39.2 Å². The van der Waals surface area contributed by atoms with Gasteiger partial charge >= 0.3 is 31.2 Å². The van der Waals surface area contributed by atoms with Gasteiger partial charge in [0.1, 0.15) is 24.3 Å². The average molecular weight is 784 g/mol. The Morgan fingerprint density at radius 3 is 1.57 bits per heavy atom. The summed E-state index contributed by atoms with van der Waals surface area (Å²) >= 11 is 0. The fraction of sp³-hybridized carbons (Fsp3) is 0.455. The topological polar surface area (TPSA) is 279 Å². The van der Waals surface area contributed by atoms with Gasteiger partial charge in [-0.25, -0.2) is 46.2 Å². The maximum absolute atomic E-state index is 11.3. The third kappa shape index (κ3) is 16.5. The van der Waals surface area contributed by atoms with Gasteiger partial charge in [0.05, 0.1) is 23.5 Å². The van der Waals surface area contributed by atoms with Crippen molar-refractivity contribution < 1.29 is 65.8 Å². The Hall–Kier alpha value is -4.18. The molecule has 0 spiro atoms. The molecule has 0 saturated carbocycles. The Morgan fingerprint density at radius 1 is 0.685 bits per heavy atom. The molecule has 2 saturated heterocycles. The molecule has 0 radical (unpaired) electrons. The van der Waals surface area contributed by atoms with E-state index in [9.17, 15) is 16.8 Å². The Bertz CT molecular complexity index is 2030. The number of benzene rings is 2. The second kappa shape index (κ2) is 24.3. The summed E-state index contributed by atoms with van der Waals surface area (Å²) in [5.41, 5.74) is 3.06. The zero-order chi connectivity index (χ0) is 37.4. The number of piperidine rings is 2. The number of nitrogens with zero attached hydrogens (tertiary/aromatic N) is 6. The van der Waals surface area contributed by atoms with Gasteiger partial charge < -0.3 is 20.8 Å². The van der Waals surface area contributed by atoms with E-state index in [1.165, 1.54) is 18.1 Å². The number of aromatic nitrogens is 4. The Kier molecular flexibility index (Phi) is 22.4. The van der Waals surface area contributed by atoms with E-state index >= 15 is 0 Å². The van der Waals surface area contributed by atoms with Crippen molar-refractivity contribution in [1.29, 1.82) is 0 Å². The van der Waals surface area contributed by atoms with Crippen molar-refractivity contribution in [1.82, 2.24) is 29.4 Å². The number of hydrogen-bond donors (Lipinski definition) is 2. The number of anilines is 2. The van der Waals surface area contributed by atoms with Gasteiger partial charge in [0.2, 0.25) is 20.0 Å². The monoisotopic (exact) mass is 783 g/mol. The van der Waals surface area contributed by atoms with Gasteiger partial charge in [-0.15, -0.1) is 0 Å². The number of aryl methyl sites for hydroxylation is 1. The molecule has 18 nitrogen and oxygen atoms in total. The largest absolute Gasteiger partial charge is 1.00 e. The van der Waals surface area contributed by atoms with E-state index in [-0.39, 0.29) is 42.1 Å². The summed E-state index contributed by atoms with van der Waals surface area (Å²) in [6.07, 6.45) is 10.2. The minimum absolute atomic E-state index is 0. The first kappa shape index (κ1) is 49.8. The molecule has 2 unspecified atom stereocenters. The van der Waals surface area contributed by atoms with Gasteiger partial charge in [0.25, 0.3) is 0 Å². The Labute approximate surface area is 326 Å². The van der Waals surface area contributed by atoms with Gasteiger partial charge in [0.15, 0.2) is 0 Å². The number of sulfonamides is 2. The molecule has 2 aromatic heterocycles. The molecule has 2 aromatic carbocycles. The summed E-state index contributed by atoms with van der Waals surface area (Å²) in [6, 6.07) is 14.1. The summed E-state index contributed by atoms with van der Waals surface area (Å²) < 4.78 is 50.3. The van der Waals surface area contributed by atoms with Crippen molar-refractivity contribution in [3.8, 4) is 0 Å². The molecule has 0 aliphatic carbocycles. The summed E-state index contributed by atoms with van der Waals surface area (Å²) in [5, 5.41) is 2.10. The first-order valence-corrected chi connectivity index (χ1v) is 19.9. The zero-order valence-corrected chi connectivity index (χ0v) is 32.2. The molecule has 4 aromatic rings. The molecule has 4 heterocycles. The second-order valence-electron chi connectivity index (χ2n) is 12.2. The molecule has 21 heteroatoms. The van der Waals surface area contributed by atoms with E-state index in [1.54, 1.807) is 12.7 Å². The van der Waals surface area contributed by atoms with Crippen LogP contribution in [0, 0.1) is 18.8 Å². The van der Waals surface area contributed by atoms with Crippen molar-refractivity contribution in [2.75, 3.05) is 61.6 Å². The van der Waals surface area contributed by atoms with Crippen molar-refractivity contribution >= 4 is 65.8 Å². The molecule has 2 aliphatic heterocycles. The van der Waals surface area contributed by atoms with Crippen LogP contribution >= 0.6 is 0 Å². The molecule has 4 N–H and O–H groups in total. The minimum atomic E-state index is -3.14. The smallest absolute Gasteiger partial charge is 0.870 e. The minimum Gasteiger partial charge on any atom is -0.870 e. The van der Waals surface area contributed by atoms with Crippen molar-refractivity contribution in [2.24, 2.45) is 11.8 Å². The predicted molar refractivity (Wildman–Crippen MR) is 193 cm³/mol. The van der Waals surface area contributed by atoms with E-state index in [4.69, 9.17) is 19.2 Å². The molecular weight excluding hydrogens is 739 g/mol. The number of carbonyl (C=O) groups excluding carboxylic acids is 4. The number of nitrogens with one attached hydrogen (secondary N) is 2. The third-order valence-electron chi connectivity index (χ3n) is 8.20. The quantitative estimate of drug-likeness (QED) is 0.194. The van der Waals surface area contributed by atoms with Crippen LogP contribution in [0.5, 0.6) is 0 Å². The third-order valence-corrected chi connectivity index (χ3v) is 9.58. The van der Waals surface area contributed by atoms with Crippen LogP contribution < -0.4 is 38.1 Å². The van der Waals surface area contributed by atoms with E-state index in [0.29, 0.717) is 24.9 Å². The predicted octanol–water partition coefficient (Wildman–Crippen LogP) is -1.42. The van der Waals surface area contributed by atoms with Gasteiger partial charge in [-0.3, -0.25) is 0 Å².